The first kappa shape index (κ1) is 32.5. The second kappa shape index (κ2) is 12.7. The number of allylic oxidation sites excluding steroid dienone is 4. The number of benzene rings is 5. The third kappa shape index (κ3) is 5.28. The molecule has 2 bridgehead atoms. The molecule has 1 heteroatoms. The van der Waals surface area contributed by atoms with E-state index in [4.69, 9.17) is 0 Å². The Balaban J connectivity index is 1.38. The highest BCUT2D eigenvalue weighted by Gasteiger charge is 2.49. The van der Waals surface area contributed by atoms with E-state index in [1.165, 1.54) is 103 Å². The molecule has 0 aromatic heterocycles. The van der Waals surface area contributed by atoms with E-state index in [0.717, 1.165) is 29.6 Å². The zero-order chi connectivity index (χ0) is 34.3. The van der Waals surface area contributed by atoms with Crippen molar-refractivity contribution in [3.8, 4) is 11.1 Å². The second-order valence-corrected chi connectivity index (χ2v) is 20.0. The van der Waals surface area contributed by atoms with Gasteiger partial charge in [-0.3, -0.25) is 0 Å². The Hall–Kier alpha value is -3.42. The lowest BCUT2D eigenvalue weighted by molar-refractivity contribution is 0.325. The molecule has 8 unspecified atom stereocenters. The molecule has 8 atom stereocenters. The molecule has 5 aromatic carbocycles. The van der Waals surface area contributed by atoms with Crippen LogP contribution in [0.5, 0.6) is 0 Å². The molecule has 4 aliphatic rings. The van der Waals surface area contributed by atoms with Crippen LogP contribution in [0.25, 0.3) is 49.0 Å². The van der Waals surface area contributed by atoms with Crippen molar-refractivity contribution in [2.75, 3.05) is 0 Å². The van der Waals surface area contributed by atoms with Gasteiger partial charge in [0.1, 0.15) is 0 Å². The number of hydrogen-bond acceptors (Lipinski definition) is 0. The quantitative estimate of drug-likeness (QED) is 0.124. The van der Waals surface area contributed by atoms with E-state index in [0.29, 0.717) is 17.1 Å². The average molecular weight is 675 g/mol. The maximum atomic E-state index is 2.66. The Bertz CT molecular complexity index is 2230. The van der Waals surface area contributed by atoms with Crippen LogP contribution >= 0.6 is 10.5 Å². The molecule has 9 rings (SSSR count). The van der Waals surface area contributed by atoms with Gasteiger partial charge in [0.05, 0.1) is 0 Å². The molecule has 3 saturated carbocycles. The molecular formula is C49H54S. The van der Waals surface area contributed by atoms with Gasteiger partial charge in [0, 0.05) is 4.90 Å². The van der Waals surface area contributed by atoms with E-state index in [2.05, 4.69) is 139 Å². The van der Waals surface area contributed by atoms with Crippen LogP contribution in [0, 0.1) is 41.4 Å². The minimum atomic E-state index is 0.0879. The van der Waals surface area contributed by atoms with Gasteiger partial charge in [-0.15, -0.1) is 0 Å². The zero-order valence-corrected chi connectivity index (χ0v) is 31.8. The fraction of sp³-hybridized carbons (Fsp3) is 0.408. The van der Waals surface area contributed by atoms with Gasteiger partial charge in [-0.2, -0.15) is 10.5 Å². The highest BCUT2D eigenvalue weighted by molar-refractivity contribution is 8.16. The number of hydrogen-bond donors (Lipinski definition) is 0. The summed E-state index contributed by atoms with van der Waals surface area (Å²) in [5.41, 5.74) is 7.47. The lowest BCUT2D eigenvalue weighted by Gasteiger charge is -2.35. The highest BCUT2D eigenvalue weighted by Crippen LogP contribution is 2.60. The monoisotopic (exact) mass is 674 g/mol. The van der Waals surface area contributed by atoms with Crippen LogP contribution in [0.4, 0.5) is 0 Å². The fourth-order valence-corrected chi connectivity index (χ4v) is 13.9. The standard InChI is InChI=1S/C49H54S/c1-29(2)50(30(3)4)38-20-22-43-46(28-38)48(41-15-9-12-34-11-7-8-13-39(34)41)42-21-17-33(25-37-24-31(5)23-32(37)6)26-45(42)49(43)44-16-10-14-40-35-18-19-36(27-35)47(40)44/h7-17,20-22,26,28-29,31-32,35-37,40,47H,18-19,23-25,27H2,1-6H3. The molecule has 0 radical (unpaired) electrons. The third-order valence-corrected chi connectivity index (χ3v) is 16.0. The van der Waals surface area contributed by atoms with E-state index in [-0.39, 0.29) is 10.5 Å². The largest absolute Gasteiger partial charge is 0.153 e. The van der Waals surface area contributed by atoms with Crippen molar-refractivity contribution in [2.45, 2.75) is 90.2 Å². The molecule has 0 saturated heterocycles. The van der Waals surface area contributed by atoms with Gasteiger partial charge >= 0.3 is 0 Å². The summed E-state index contributed by atoms with van der Waals surface area (Å²) in [6, 6.07) is 31.4. The molecule has 0 nitrogen and oxygen atoms in total. The minimum Gasteiger partial charge on any atom is -0.153 e. The van der Waals surface area contributed by atoms with Crippen LogP contribution < -0.4 is 0 Å². The summed E-state index contributed by atoms with van der Waals surface area (Å²) in [6.07, 6.45) is 15.7. The Kier molecular flexibility index (Phi) is 8.23. The number of rotatable bonds is 6. The molecule has 0 aliphatic heterocycles. The molecule has 3 fully saturated rings. The van der Waals surface area contributed by atoms with Gasteiger partial charge in [0.25, 0.3) is 0 Å². The molecular weight excluding hydrogens is 621 g/mol. The maximum Gasteiger partial charge on any atom is 0.00249 e. The summed E-state index contributed by atoms with van der Waals surface area (Å²) >= 11 is 0. The average Bonchev–Trinajstić information content (AvgIpc) is 3.82. The predicted molar refractivity (Wildman–Crippen MR) is 221 cm³/mol. The van der Waals surface area contributed by atoms with Gasteiger partial charge in [-0.1, -0.05) is 113 Å². The van der Waals surface area contributed by atoms with Crippen LogP contribution in [-0.4, -0.2) is 10.1 Å². The van der Waals surface area contributed by atoms with Gasteiger partial charge in [-0.25, -0.2) is 0 Å². The Labute approximate surface area is 303 Å². The SMILES string of the molecule is CC(C)=S(c1ccc2c(C3=CC=CC4C5CCC(C5)C34)c3cc(CC4CC(C)CC4C)ccc3c(-c3cccc4ccccc34)c2c1)C(C)C. The normalized spacial score (nSPS) is 27.8. The minimum absolute atomic E-state index is 0.0879. The maximum absolute atomic E-state index is 2.66. The summed E-state index contributed by atoms with van der Waals surface area (Å²) in [7, 11) is 0.0879. The van der Waals surface area contributed by atoms with E-state index >= 15 is 0 Å². The topological polar surface area (TPSA) is 0 Å². The predicted octanol–water partition coefficient (Wildman–Crippen LogP) is 13.9. The Morgan fingerprint density at radius 3 is 2.30 bits per heavy atom. The zero-order valence-electron chi connectivity index (χ0n) is 31.0. The van der Waals surface area contributed by atoms with Crippen LogP contribution in [0.3, 0.4) is 0 Å². The fourth-order valence-electron chi connectivity index (χ4n) is 11.5. The first-order chi connectivity index (χ1) is 24.3. The van der Waals surface area contributed by atoms with Crippen molar-refractivity contribution < 1.29 is 0 Å². The van der Waals surface area contributed by atoms with Gasteiger partial charge < -0.3 is 0 Å². The van der Waals surface area contributed by atoms with E-state index < -0.39 is 0 Å². The second-order valence-electron chi connectivity index (χ2n) is 17.1. The molecule has 0 spiro atoms. The lowest BCUT2D eigenvalue weighted by Crippen LogP contribution is -2.24. The van der Waals surface area contributed by atoms with Crippen molar-refractivity contribution >= 4 is 53.2 Å². The van der Waals surface area contributed by atoms with Crippen LogP contribution in [0.1, 0.15) is 84.8 Å². The first-order valence-electron chi connectivity index (χ1n) is 19.7. The van der Waals surface area contributed by atoms with Crippen molar-refractivity contribution in [3.05, 3.63) is 108 Å². The Morgan fingerprint density at radius 1 is 0.740 bits per heavy atom. The van der Waals surface area contributed by atoms with E-state index in [1.54, 1.807) is 5.57 Å². The van der Waals surface area contributed by atoms with Gasteiger partial charge in [-0.05, 0) is 176 Å². The summed E-state index contributed by atoms with van der Waals surface area (Å²) in [6.45, 7) is 14.4. The van der Waals surface area contributed by atoms with E-state index in [1.807, 2.05) is 0 Å². The van der Waals surface area contributed by atoms with Crippen LogP contribution in [0.15, 0.2) is 102 Å². The van der Waals surface area contributed by atoms with Crippen molar-refractivity contribution in [1.82, 2.24) is 0 Å². The Morgan fingerprint density at radius 2 is 1.50 bits per heavy atom. The molecule has 0 N–H and O–H groups in total. The third-order valence-electron chi connectivity index (χ3n) is 13.4. The molecule has 0 heterocycles. The molecule has 256 valence electrons. The summed E-state index contributed by atoms with van der Waals surface area (Å²) in [5, 5.41) is 9.03. The van der Waals surface area contributed by atoms with Crippen molar-refractivity contribution in [3.63, 3.8) is 0 Å². The number of fused-ring (bicyclic) bond motifs is 8. The molecule has 0 amide bonds. The van der Waals surface area contributed by atoms with Crippen molar-refractivity contribution in [1.29, 1.82) is 0 Å². The van der Waals surface area contributed by atoms with E-state index in [9.17, 15) is 0 Å². The molecule has 50 heavy (non-hydrogen) atoms. The molecule has 4 aliphatic carbocycles. The first-order valence-corrected chi connectivity index (χ1v) is 21.0. The van der Waals surface area contributed by atoms with Crippen LogP contribution in [0.2, 0.25) is 0 Å². The summed E-state index contributed by atoms with van der Waals surface area (Å²) in [4.78, 5) is 3.01. The van der Waals surface area contributed by atoms with Gasteiger partial charge in [0.15, 0.2) is 0 Å². The summed E-state index contributed by atoms with van der Waals surface area (Å²) < 4.78 is 0. The van der Waals surface area contributed by atoms with Crippen LogP contribution in [-0.2, 0) is 6.42 Å². The smallest absolute Gasteiger partial charge is 0.00249 e. The van der Waals surface area contributed by atoms with Gasteiger partial charge in [0.2, 0.25) is 0 Å². The molecule has 5 aromatic rings. The lowest BCUT2D eigenvalue weighted by atomic mass is 9.69. The van der Waals surface area contributed by atoms with Crippen molar-refractivity contribution in [2.24, 2.45) is 41.4 Å². The summed E-state index contributed by atoms with van der Waals surface area (Å²) in [5.74, 6) is 5.44. The highest BCUT2D eigenvalue weighted by atomic mass is 32.2.